The molecule has 0 N–H and O–H groups in total. The number of amides is 1. The number of hydrogen-bond acceptors (Lipinski definition) is 1. The Morgan fingerprint density at radius 1 is 1.38 bits per heavy atom. The molecule has 13 heavy (non-hydrogen) atoms. The Bertz CT molecular complexity index is 195. The molecule has 1 rings (SSSR count). The van der Waals surface area contributed by atoms with Gasteiger partial charge in [0.15, 0.2) is 0 Å². The lowest BCUT2D eigenvalue weighted by atomic mass is 9.72. The van der Waals surface area contributed by atoms with Gasteiger partial charge in [0.1, 0.15) is 0 Å². The van der Waals surface area contributed by atoms with Crippen LogP contribution in [-0.2, 0) is 0 Å². The van der Waals surface area contributed by atoms with Crippen molar-refractivity contribution in [1.29, 1.82) is 0 Å². The third-order valence-electron chi connectivity index (χ3n) is 3.55. The molecule has 1 amide bonds. The number of likely N-dealkylation sites (tertiary alicyclic amines) is 1. The maximum Gasteiger partial charge on any atom is 0.316 e. The molecule has 0 bridgehead atoms. The summed E-state index contributed by atoms with van der Waals surface area (Å²) in [6.07, 6.45) is 2.15. The average molecular weight is 204 g/mol. The number of halogens is 1. The van der Waals surface area contributed by atoms with Crippen LogP contribution in [-0.4, -0.2) is 23.4 Å². The highest BCUT2D eigenvalue weighted by Gasteiger charge is 2.33. The Balaban J connectivity index is 2.51. The summed E-state index contributed by atoms with van der Waals surface area (Å²) in [4.78, 5) is 12.6. The van der Waals surface area contributed by atoms with Crippen molar-refractivity contribution in [3.8, 4) is 0 Å². The minimum absolute atomic E-state index is 0.300. The minimum atomic E-state index is -0.300. The minimum Gasteiger partial charge on any atom is -0.329 e. The van der Waals surface area contributed by atoms with Crippen LogP contribution in [0, 0.1) is 11.3 Å². The number of carbonyl (C=O) groups excluding carboxylic acids is 1. The second-order valence-corrected chi connectivity index (χ2v) is 4.87. The lowest BCUT2D eigenvalue weighted by molar-refractivity contribution is 0.0996. The van der Waals surface area contributed by atoms with E-state index in [0.29, 0.717) is 11.3 Å². The SMILES string of the molecule is CC(C)C1(C)CCN(C(=O)Cl)CC1. The fourth-order valence-corrected chi connectivity index (χ4v) is 1.94. The summed E-state index contributed by atoms with van der Waals surface area (Å²) in [7, 11) is 0. The zero-order valence-corrected chi connectivity index (χ0v) is 9.40. The first-order valence-electron chi connectivity index (χ1n) is 4.90. The molecule has 1 aliphatic heterocycles. The van der Waals surface area contributed by atoms with Crippen LogP contribution in [0.25, 0.3) is 0 Å². The van der Waals surface area contributed by atoms with Crippen molar-refractivity contribution >= 4 is 17.0 Å². The maximum absolute atomic E-state index is 10.9. The molecule has 1 saturated heterocycles. The molecule has 0 radical (unpaired) electrons. The molecule has 3 heteroatoms. The van der Waals surface area contributed by atoms with Crippen molar-refractivity contribution < 1.29 is 4.79 Å². The van der Waals surface area contributed by atoms with Gasteiger partial charge in [0.2, 0.25) is 0 Å². The molecule has 1 fully saturated rings. The van der Waals surface area contributed by atoms with Crippen LogP contribution < -0.4 is 0 Å². The molecule has 2 nitrogen and oxygen atoms in total. The molecular weight excluding hydrogens is 186 g/mol. The zero-order valence-electron chi connectivity index (χ0n) is 8.64. The highest BCUT2D eigenvalue weighted by molar-refractivity contribution is 6.62. The second-order valence-electron chi connectivity index (χ2n) is 4.55. The molecule has 0 spiro atoms. The van der Waals surface area contributed by atoms with Gasteiger partial charge in [0.05, 0.1) is 0 Å². The molecule has 1 heterocycles. The van der Waals surface area contributed by atoms with Gasteiger partial charge >= 0.3 is 5.37 Å². The van der Waals surface area contributed by atoms with Crippen LogP contribution in [0.15, 0.2) is 0 Å². The summed E-state index contributed by atoms with van der Waals surface area (Å²) in [5.41, 5.74) is 0.392. The van der Waals surface area contributed by atoms with Crippen molar-refractivity contribution in [2.75, 3.05) is 13.1 Å². The van der Waals surface area contributed by atoms with Crippen molar-refractivity contribution in [3.05, 3.63) is 0 Å². The Hall–Kier alpha value is -0.240. The Morgan fingerprint density at radius 2 is 1.85 bits per heavy atom. The van der Waals surface area contributed by atoms with Gasteiger partial charge in [-0.15, -0.1) is 0 Å². The molecule has 0 unspecified atom stereocenters. The van der Waals surface area contributed by atoms with Gasteiger partial charge in [-0.1, -0.05) is 20.8 Å². The number of piperidine rings is 1. The van der Waals surface area contributed by atoms with Gasteiger partial charge in [-0.2, -0.15) is 0 Å². The standard InChI is InChI=1S/C10H18ClNO/c1-8(2)10(3)4-6-12(7-5-10)9(11)13/h8H,4-7H2,1-3H3. The Morgan fingerprint density at radius 3 is 2.15 bits per heavy atom. The lowest BCUT2D eigenvalue weighted by Crippen LogP contribution is -2.42. The van der Waals surface area contributed by atoms with Crippen LogP contribution in [0.4, 0.5) is 4.79 Å². The quantitative estimate of drug-likeness (QED) is 0.474. The Labute approximate surface area is 85.2 Å². The monoisotopic (exact) mass is 203 g/mol. The molecule has 0 atom stereocenters. The summed E-state index contributed by atoms with van der Waals surface area (Å²) in [6, 6.07) is 0. The van der Waals surface area contributed by atoms with Crippen LogP contribution >= 0.6 is 11.6 Å². The predicted molar refractivity (Wildman–Crippen MR) is 55.0 cm³/mol. The number of hydrogen-bond donors (Lipinski definition) is 0. The van der Waals surface area contributed by atoms with E-state index < -0.39 is 0 Å². The third kappa shape index (κ3) is 2.37. The van der Waals surface area contributed by atoms with E-state index in [4.69, 9.17) is 11.6 Å². The van der Waals surface area contributed by atoms with E-state index in [1.807, 2.05) is 0 Å². The van der Waals surface area contributed by atoms with E-state index >= 15 is 0 Å². The molecule has 0 aromatic carbocycles. The van der Waals surface area contributed by atoms with Crippen molar-refractivity contribution in [3.63, 3.8) is 0 Å². The van der Waals surface area contributed by atoms with Gasteiger partial charge in [0, 0.05) is 13.1 Å². The maximum atomic E-state index is 10.9. The molecule has 76 valence electrons. The molecular formula is C10H18ClNO. The fraction of sp³-hybridized carbons (Fsp3) is 0.900. The number of carbonyl (C=O) groups is 1. The average Bonchev–Trinajstić information content (AvgIpc) is 2.04. The lowest BCUT2D eigenvalue weighted by Gasteiger charge is -2.41. The highest BCUT2D eigenvalue weighted by Crippen LogP contribution is 2.38. The van der Waals surface area contributed by atoms with Crippen molar-refractivity contribution in [1.82, 2.24) is 4.90 Å². The Kier molecular flexibility index (Phi) is 3.23. The topological polar surface area (TPSA) is 20.3 Å². The summed E-state index contributed by atoms with van der Waals surface area (Å²) < 4.78 is 0. The summed E-state index contributed by atoms with van der Waals surface area (Å²) in [5, 5.41) is -0.300. The van der Waals surface area contributed by atoms with Gasteiger partial charge in [-0.25, -0.2) is 0 Å². The summed E-state index contributed by atoms with van der Waals surface area (Å²) >= 11 is 5.42. The van der Waals surface area contributed by atoms with Gasteiger partial charge in [-0.3, -0.25) is 4.79 Å². The largest absolute Gasteiger partial charge is 0.329 e. The van der Waals surface area contributed by atoms with Crippen LogP contribution in [0.3, 0.4) is 0 Å². The van der Waals surface area contributed by atoms with E-state index in [0.717, 1.165) is 25.9 Å². The number of nitrogens with zero attached hydrogens (tertiary/aromatic N) is 1. The number of rotatable bonds is 1. The smallest absolute Gasteiger partial charge is 0.316 e. The first-order valence-corrected chi connectivity index (χ1v) is 5.28. The van der Waals surface area contributed by atoms with Crippen LogP contribution in [0.2, 0.25) is 0 Å². The van der Waals surface area contributed by atoms with Crippen LogP contribution in [0.5, 0.6) is 0 Å². The van der Waals surface area contributed by atoms with E-state index in [1.54, 1.807) is 4.90 Å². The van der Waals surface area contributed by atoms with Crippen molar-refractivity contribution in [2.24, 2.45) is 11.3 Å². The normalized spacial score (nSPS) is 22.1. The first-order chi connectivity index (χ1) is 5.96. The summed E-state index contributed by atoms with van der Waals surface area (Å²) in [5.74, 6) is 0.681. The van der Waals surface area contributed by atoms with E-state index in [2.05, 4.69) is 20.8 Å². The molecule has 0 aliphatic carbocycles. The van der Waals surface area contributed by atoms with Crippen molar-refractivity contribution in [2.45, 2.75) is 33.6 Å². The summed E-state index contributed by atoms with van der Waals surface area (Å²) in [6.45, 7) is 8.43. The van der Waals surface area contributed by atoms with E-state index in [-0.39, 0.29) is 5.37 Å². The molecule has 0 aromatic heterocycles. The molecule has 1 aliphatic rings. The van der Waals surface area contributed by atoms with Gasteiger partial charge in [0.25, 0.3) is 0 Å². The highest BCUT2D eigenvalue weighted by atomic mass is 35.5. The molecule has 0 aromatic rings. The molecule has 0 saturated carbocycles. The van der Waals surface area contributed by atoms with E-state index in [1.165, 1.54) is 0 Å². The predicted octanol–water partition coefficient (Wildman–Crippen LogP) is 3.10. The van der Waals surface area contributed by atoms with Crippen LogP contribution in [0.1, 0.15) is 33.6 Å². The van der Waals surface area contributed by atoms with Gasteiger partial charge in [-0.05, 0) is 35.8 Å². The fourth-order valence-electron chi connectivity index (χ4n) is 1.77. The van der Waals surface area contributed by atoms with Gasteiger partial charge < -0.3 is 4.90 Å². The zero-order chi connectivity index (χ0) is 10.1. The third-order valence-corrected chi connectivity index (χ3v) is 3.79. The van der Waals surface area contributed by atoms with E-state index in [9.17, 15) is 4.79 Å². The first kappa shape index (κ1) is 10.8. The second kappa shape index (κ2) is 3.87.